The fourth-order valence-electron chi connectivity index (χ4n) is 5.01. The van der Waals surface area contributed by atoms with Crippen molar-refractivity contribution >= 4 is 45.4 Å². The van der Waals surface area contributed by atoms with Gasteiger partial charge in [0.2, 0.25) is 5.82 Å². The number of nitrogens with zero attached hydrogens (tertiary/aromatic N) is 5. The summed E-state index contributed by atoms with van der Waals surface area (Å²) < 4.78 is 38.8. The summed E-state index contributed by atoms with van der Waals surface area (Å²) in [6.45, 7) is 6.14. The van der Waals surface area contributed by atoms with Crippen LogP contribution < -0.4 is 20.3 Å². The summed E-state index contributed by atoms with van der Waals surface area (Å²) in [4.78, 5) is 19.6. The third kappa shape index (κ3) is 4.36. The minimum absolute atomic E-state index is 0.0187. The lowest BCUT2D eigenvalue weighted by molar-refractivity contribution is 0.102. The minimum Gasteiger partial charge on any atom is -0.491 e. The van der Waals surface area contributed by atoms with E-state index in [1.807, 2.05) is 0 Å². The smallest absolute Gasteiger partial charge is 0.261 e. The molecule has 0 unspecified atom stereocenters. The van der Waals surface area contributed by atoms with E-state index in [2.05, 4.69) is 32.5 Å². The van der Waals surface area contributed by atoms with Crippen molar-refractivity contribution in [1.82, 2.24) is 24.5 Å². The van der Waals surface area contributed by atoms with Crippen LogP contribution in [-0.4, -0.2) is 57.9 Å². The first-order valence-electron chi connectivity index (χ1n) is 12.1. The van der Waals surface area contributed by atoms with E-state index >= 15 is 8.78 Å². The molecule has 12 heteroatoms. The first kappa shape index (κ1) is 25.2. The SMILES string of the molecule is CCNC1CCN(c2cc(F)c(C(=O)Nc3cn4c(Cl)c(C)nc4c(F)c3OC)c3nn(C)cc23)CC1. The number of carbonyl (C=O) groups is 1. The van der Waals surface area contributed by atoms with E-state index in [0.717, 1.165) is 32.5 Å². The van der Waals surface area contributed by atoms with Crippen molar-refractivity contribution in [3.05, 3.63) is 46.5 Å². The van der Waals surface area contributed by atoms with E-state index in [0.29, 0.717) is 22.8 Å². The zero-order valence-corrected chi connectivity index (χ0v) is 21.8. The number of pyridine rings is 1. The Kier molecular flexibility index (Phi) is 6.67. The maximum atomic E-state index is 15.6. The van der Waals surface area contributed by atoms with Gasteiger partial charge in [0.15, 0.2) is 11.4 Å². The second-order valence-corrected chi connectivity index (χ2v) is 9.52. The van der Waals surface area contributed by atoms with Crippen molar-refractivity contribution in [2.45, 2.75) is 32.7 Å². The molecule has 1 aromatic carbocycles. The lowest BCUT2D eigenvalue weighted by Crippen LogP contribution is -2.42. The van der Waals surface area contributed by atoms with Gasteiger partial charge in [-0.3, -0.25) is 13.9 Å². The molecule has 0 radical (unpaired) electrons. The van der Waals surface area contributed by atoms with Crippen molar-refractivity contribution in [2.24, 2.45) is 7.05 Å². The highest BCUT2D eigenvalue weighted by Crippen LogP contribution is 2.36. The average molecular weight is 532 g/mol. The van der Waals surface area contributed by atoms with Gasteiger partial charge in [0, 0.05) is 44.0 Å². The molecule has 4 heterocycles. The summed E-state index contributed by atoms with van der Waals surface area (Å²) in [5.74, 6) is -2.54. The summed E-state index contributed by atoms with van der Waals surface area (Å²) >= 11 is 6.26. The number of fused-ring (bicyclic) bond motifs is 2. The number of aromatic nitrogens is 4. The summed E-state index contributed by atoms with van der Waals surface area (Å²) in [5.41, 5.74) is 1.03. The number of piperidine rings is 1. The van der Waals surface area contributed by atoms with Crippen LogP contribution in [0.5, 0.6) is 5.75 Å². The van der Waals surface area contributed by atoms with Crippen LogP contribution in [0.4, 0.5) is 20.2 Å². The van der Waals surface area contributed by atoms with Gasteiger partial charge in [-0.25, -0.2) is 9.37 Å². The number of amides is 1. The zero-order chi connectivity index (χ0) is 26.4. The van der Waals surface area contributed by atoms with Crippen LogP contribution in [0.15, 0.2) is 18.5 Å². The van der Waals surface area contributed by atoms with Crippen molar-refractivity contribution in [3.63, 3.8) is 0 Å². The molecule has 1 aliphatic rings. The molecule has 4 aromatic rings. The first-order valence-corrected chi connectivity index (χ1v) is 12.5. The average Bonchev–Trinajstić information content (AvgIpc) is 3.38. The highest BCUT2D eigenvalue weighted by molar-refractivity contribution is 6.30. The van der Waals surface area contributed by atoms with E-state index in [-0.39, 0.29) is 33.3 Å². The topological polar surface area (TPSA) is 88.7 Å². The van der Waals surface area contributed by atoms with Crippen LogP contribution in [0, 0.1) is 18.6 Å². The lowest BCUT2D eigenvalue weighted by Gasteiger charge is -2.34. The third-order valence-electron chi connectivity index (χ3n) is 6.76. The standard InChI is InChI=1S/C25H28ClF2N7O2/c1-5-29-14-6-8-34(9-7-14)18-10-16(27)19(21-15(18)11-33(3)32-21)25(36)31-17-12-35-23(26)13(2)30-24(35)20(28)22(17)37-4/h10-12,14,29H,5-9H2,1-4H3,(H,31,36). The van der Waals surface area contributed by atoms with Gasteiger partial charge < -0.3 is 20.3 Å². The van der Waals surface area contributed by atoms with E-state index in [1.165, 1.54) is 23.8 Å². The Balaban J connectivity index is 1.53. The largest absolute Gasteiger partial charge is 0.491 e. The number of hydrogen-bond acceptors (Lipinski definition) is 6. The quantitative estimate of drug-likeness (QED) is 0.386. The van der Waals surface area contributed by atoms with Crippen LogP contribution in [0.2, 0.25) is 5.15 Å². The van der Waals surface area contributed by atoms with Gasteiger partial charge in [0.05, 0.1) is 18.5 Å². The molecule has 37 heavy (non-hydrogen) atoms. The highest BCUT2D eigenvalue weighted by atomic mass is 35.5. The molecule has 3 aromatic heterocycles. The molecule has 2 N–H and O–H groups in total. The number of ether oxygens (including phenoxy) is 1. The minimum atomic E-state index is -0.796. The molecular weight excluding hydrogens is 504 g/mol. The van der Waals surface area contributed by atoms with Crippen molar-refractivity contribution < 1.29 is 18.3 Å². The van der Waals surface area contributed by atoms with Gasteiger partial charge in [-0.05, 0) is 32.4 Å². The van der Waals surface area contributed by atoms with Crippen LogP contribution in [0.3, 0.4) is 0 Å². The molecule has 0 aliphatic carbocycles. The van der Waals surface area contributed by atoms with E-state index in [1.54, 1.807) is 24.9 Å². The van der Waals surface area contributed by atoms with Gasteiger partial charge >= 0.3 is 0 Å². The maximum Gasteiger partial charge on any atom is 0.261 e. The Morgan fingerprint density at radius 3 is 2.68 bits per heavy atom. The summed E-state index contributed by atoms with van der Waals surface area (Å²) in [7, 11) is 2.99. The molecule has 0 spiro atoms. The van der Waals surface area contributed by atoms with Gasteiger partial charge in [0.1, 0.15) is 27.7 Å². The van der Waals surface area contributed by atoms with Gasteiger partial charge in [0.25, 0.3) is 5.91 Å². The van der Waals surface area contributed by atoms with Crippen molar-refractivity contribution in [1.29, 1.82) is 0 Å². The Labute approximate surface area is 217 Å². The normalized spacial score (nSPS) is 14.6. The molecule has 5 rings (SSSR count). The summed E-state index contributed by atoms with van der Waals surface area (Å²) in [6.07, 6.45) is 5.04. The molecule has 0 saturated carbocycles. The van der Waals surface area contributed by atoms with E-state index in [9.17, 15) is 4.79 Å². The Bertz CT molecular complexity index is 1510. The number of halogens is 3. The molecule has 1 fully saturated rings. The monoisotopic (exact) mass is 531 g/mol. The molecule has 0 bridgehead atoms. The summed E-state index contributed by atoms with van der Waals surface area (Å²) in [5, 5.41) is 11.3. The van der Waals surface area contributed by atoms with Gasteiger partial charge in [-0.15, -0.1) is 0 Å². The Morgan fingerprint density at radius 1 is 1.27 bits per heavy atom. The number of nitrogens with one attached hydrogen (secondary N) is 2. The second-order valence-electron chi connectivity index (χ2n) is 9.16. The number of aryl methyl sites for hydroxylation is 2. The molecule has 1 saturated heterocycles. The predicted octanol–water partition coefficient (Wildman–Crippen LogP) is 4.30. The predicted molar refractivity (Wildman–Crippen MR) is 139 cm³/mol. The van der Waals surface area contributed by atoms with Crippen molar-refractivity contribution in [3.8, 4) is 5.75 Å². The number of carbonyl (C=O) groups excluding carboxylic acids is 1. The number of anilines is 2. The number of rotatable bonds is 6. The van der Waals surface area contributed by atoms with Crippen LogP contribution in [-0.2, 0) is 7.05 Å². The number of benzene rings is 1. The van der Waals surface area contributed by atoms with Crippen LogP contribution >= 0.6 is 11.6 Å². The van der Waals surface area contributed by atoms with Crippen molar-refractivity contribution in [2.75, 3.05) is 37.0 Å². The lowest BCUT2D eigenvalue weighted by atomic mass is 10.0. The number of imidazole rings is 1. The van der Waals surface area contributed by atoms with Crippen LogP contribution in [0.25, 0.3) is 16.6 Å². The molecule has 9 nitrogen and oxygen atoms in total. The van der Waals surface area contributed by atoms with Crippen LogP contribution in [0.1, 0.15) is 35.8 Å². The molecule has 1 amide bonds. The van der Waals surface area contributed by atoms with E-state index in [4.69, 9.17) is 16.3 Å². The fraction of sp³-hybridized carbons (Fsp3) is 0.400. The highest BCUT2D eigenvalue weighted by Gasteiger charge is 2.28. The number of hydrogen-bond donors (Lipinski definition) is 2. The zero-order valence-electron chi connectivity index (χ0n) is 21.0. The fourth-order valence-corrected chi connectivity index (χ4v) is 5.19. The third-order valence-corrected chi connectivity index (χ3v) is 7.22. The summed E-state index contributed by atoms with van der Waals surface area (Å²) in [6, 6.07) is 1.81. The molecule has 0 atom stereocenters. The maximum absolute atomic E-state index is 15.6. The Hall–Kier alpha value is -3.44. The first-order chi connectivity index (χ1) is 17.7. The number of methoxy groups -OCH3 is 1. The second kappa shape index (κ2) is 9.79. The van der Waals surface area contributed by atoms with Gasteiger partial charge in [-0.1, -0.05) is 18.5 Å². The van der Waals surface area contributed by atoms with E-state index < -0.39 is 17.5 Å². The molecular formula is C25H28ClF2N7O2. The molecule has 1 aliphatic heterocycles. The Morgan fingerprint density at radius 2 is 2.00 bits per heavy atom. The van der Waals surface area contributed by atoms with Gasteiger partial charge in [-0.2, -0.15) is 9.49 Å². The molecule has 196 valence electrons.